The molecule has 0 radical (unpaired) electrons. The summed E-state index contributed by atoms with van der Waals surface area (Å²) in [6.07, 6.45) is 0.782. The molecule has 0 spiro atoms. The molecule has 5 aromatic rings. The second-order valence-corrected chi connectivity index (χ2v) is 8.61. The van der Waals surface area contributed by atoms with Crippen LogP contribution in [0.4, 0.5) is 0 Å². The number of benzene rings is 4. The fraction of sp³-hybridized carbons (Fsp3) is 0.0345. The second kappa shape index (κ2) is 9.08. The van der Waals surface area contributed by atoms with Crippen molar-refractivity contribution in [3.63, 3.8) is 0 Å². The fourth-order valence-electron chi connectivity index (χ4n) is 4.09. The zero-order chi connectivity index (χ0) is 21.9. The molecule has 0 saturated carbocycles. The molecule has 0 aliphatic carbocycles. The van der Waals surface area contributed by atoms with Crippen molar-refractivity contribution in [3.8, 4) is 28.1 Å². The molecule has 1 aromatic heterocycles. The van der Waals surface area contributed by atoms with Crippen LogP contribution < -0.4 is 0 Å². The molecule has 0 amide bonds. The van der Waals surface area contributed by atoms with Gasteiger partial charge >= 0.3 is 0 Å². The largest absolute Gasteiger partial charge is 0.313 e. The van der Waals surface area contributed by atoms with E-state index in [2.05, 4.69) is 89.5 Å². The number of rotatable bonds is 5. The Bertz CT molecular complexity index is 1320. The first-order valence-corrected chi connectivity index (χ1v) is 11.3. The Kier molecular flexibility index (Phi) is 5.85. The minimum absolute atomic E-state index is 0.733. The van der Waals surface area contributed by atoms with Gasteiger partial charge in [0.2, 0.25) is 0 Å². The Balaban J connectivity index is 1.78. The first-order chi connectivity index (χ1) is 15.7. The van der Waals surface area contributed by atoms with Crippen LogP contribution in [0.3, 0.4) is 0 Å². The van der Waals surface area contributed by atoms with E-state index in [1.165, 1.54) is 22.4 Å². The molecule has 32 heavy (non-hydrogen) atoms. The van der Waals surface area contributed by atoms with Crippen molar-refractivity contribution < 1.29 is 0 Å². The van der Waals surface area contributed by atoms with Crippen LogP contribution >= 0.6 is 23.2 Å². The Morgan fingerprint density at radius 2 is 1.12 bits per heavy atom. The summed E-state index contributed by atoms with van der Waals surface area (Å²) in [5.74, 6) is 0. The van der Waals surface area contributed by atoms with E-state index in [-0.39, 0.29) is 0 Å². The zero-order valence-corrected chi connectivity index (χ0v) is 18.9. The van der Waals surface area contributed by atoms with Gasteiger partial charge < -0.3 is 4.57 Å². The molecule has 156 valence electrons. The Hall–Kier alpha value is -3.26. The molecule has 0 unspecified atom stereocenters. The van der Waals surface area contributed by atoms with E-state index in [0.29, 0.717) is 0 Å². The highest BCUT2D eigenvalue weighted by Gasteiger charge is 2.19. The van der Waals surface area contributed by atoms with Gasteiger partial charge in [0, 0.05) is 33.4 Å². The third-order valence-corrected chi connectivity index (χ3v) is 6.13. The highest BCUT2D eigenvalue weighted by atomic mass is 35.5. The normalized spacial score (nSPS) is 10.9. The third-order valence-electron chi connectivity index (χ3n) is 5.63. The number of halogens is 2. The Morgan fingerprint density at radius 1 is 0.562 bits per heavy atom. The van der Waals surface area contributed by atoms with E-state index in [1.54, 1.807) is 0 Å². The highest BCUT2D eigenvalue weighted by molar-refractivity contribution is 6.30. The Morgan fingerprint density at radius 3 is 1.75 bits per heavy atom. The first-order valence-electron chi connectivity index (χ1n) is 10.5. The minimum atomic E-state index is 0.733. The van der Waals surface area contributed by atoms with Gasteiger partial charge in [-0.05, 0) is 59.2 Å². The van der Waals surface area contributed by atoms with Gasteiger partial charge in [-0.3, -0.25) is 0 Å². The average molecular weight is 454 g/mol. The molecule has 3 heteroatoms. The van der Waals surface area contributed by atoms with E-state index in [0.717, 1.165) is 33.4 Å². The van der Waals surface area contributed by atoms with E-state index in [1.807, 2.05) is 30.3 Å². The molecule has 0 saturated heterocycles. The monoisotopic (exact) mass is 453 g/mol. The predicted molar refractivity (Wildman–Crippen MR) is 136 cm³/mol. The van der Waals surface area contributed by atoms with Gasteiger partial charge in [-0.1, -0.05) is 96.0 Å². The van der Waals surface area contributed by atoms with Crippen molar-refractivity contribution >= 4 is 23.2 Å². The smallest absolute Gasteiger partial charge is 0.0538 e. The summed E-state index contributed by atoms with van der Waals surface area (Å²) in [5, 5.41) is 1.48. The standard InChI is InChI=1S/C29H21Cl2N/c30-24-15-11-21(12-16-24)19-29-27(22-7-3-1-4-8-22)20-28(23-13-17-25(31)18-14-23)32(29)26-9-5-2-6-10-26/h1-18,20H,19H2. The molecule has 0 N–H and O–H groups in total. The molecule has 1 heterocycles. The van der Waals surface area contributed by atoms with Crippen molar-refractivity contribution in [1.82, 2.24) is 4.57 Å². The zero-order valence-electron chi connectivity index (χ0n) is 17.4. The van der Waals surface area contributed by atoms with Gasteiger partial charge in [-0.2, -0.15) is 0 Å². The number of nitrogens with zero attached hydrogens (tertiary/aromatic N) is 1. The van der Waals surface area contributed by atoms with Crippen LogP contribution in [-0.2, 0) is 6.42 Å². The lowest BCUT2D eigenvalue weighted by Crippen LogP contribution is -2.04. The summed E-state index contributed by atoms with van der Waals surface area (Å²) >= 11 is 12.3. The van der Waals surface area contributed by atoms with Crippen LogP contribution in [0.5, 0.6) is 0 Å². The molecule has 1 nitrogen and oxygen atoms in total. The lowest BCUT2D eigenvalue weighted by Gasteiger charge is -2.16. The van der Waals surface area contributed by atoms with Crippen molar-refractivity contribution in [2.45, 2.75) is 6.42 Å². The first kappa shape index (κ1) is 20.6. The van der Waals surface area contributed by atoms with Crippen molar-refractivity contribution in [2.24, 2.45) is 0 Å². The molecular weight excluding hydrogens is 433 g/mol. The maximum atomic E-state index is 6.19. The maximum absolute atomic E-state index is 6.19. The SMILES string of the molecule is Clc1ccc(Cc2c(-c3ccccc3)cc(-c3ccc(Cl)cc3)n2-c2ccccc2)cc1. The number of para-hydroxylation sites is 1. The summed E-state index contributed by atoms with van der Waals surface area (Å²) in [6.45, 7) is 0. The van der Waals surface area contributed by atoms with Crippen molar-refractivity contribution in [1.29, 1.82) is 0 Å². The number of hydrogen-bond donors (Lipinski definition) is 0. The molecule has 4 aromatic carbocycles. The third kappa shape index (κ3) is 4.23. The summed E-state index contributed by atoms with van der Waals surface area (Å²) in [7, 11) is 0. The summed E-state index contributed by atoms with van der Waals surface area (Å²) < 4.78 is 2.36. The fourth-order valence-corrected chi connectivity index (χ4v) is 4.35. The van der Waals surface area contributed by atoms with Gasteiger partial charge in [0.15, 0.2) is 0 Å². The van der Waals surface area contributed by atoms with E-state index in [9.17, 15) is 0 Å². The van der Waals surface area contributed by atoms with Crippen LogP contribution in [0, 0.1) is 0 Å². The highest BCUT2D eigenvalue weighted by Crippen LogP contribution is 2.37. The van der Waals surface area contributed by atoms with Crippen molar-refractivity contribution in [3.05, 3.63) is 137 Å². The van der Waals surface area contributed by atoms with Crippen LogP contribution in [0.15, 0.2) is 115 Å². The summed E-state index contributed by atoms with van der Waals surface area (Å²) in [5.41, 5.74) is 8.24. The lowest BCUT2D eigenvalue weighted by molar-refractivity contribution is 0.967. The van der Waals surface area contributed by atoms with Gasteiger partial charge in [0.1, 0.15) is 0 Å². The van der Waals surface area contributed by atoms with Gasteiger partial charge in [0.05, 0.1) is 5.69 Å². The minimum Gasteiger partial charge on any atom is -0.313 e. The van der Waals surface area contributed by atoms with Crippen LogP contribution in [0.1, 0.15) is 11.3 Å². The summed E-state index contributed by atoms with van der Waals surface area (Å²) in [6, 6.07) is 39.5. The molecule has 0 aliphatic heterocycles. The quantitative estimate of drug-likeness (QED) is 0.250. The molecule has 5 rings (SSSR count). The van der Waals surface area contributed by atoms with Crippen LogP contribution in [0.25, 0.3) is 28.1 Å². The van der Waals surface area contributed by atoms with Gasteiger partial charge in [-0.25, -0.2) is 0 Å². The van der Waals surface area contributed by atoms with Gasteiger partial charge in [0.25, 0.3) is 0 Å². The van der Waals surface area contributed by atoms with Crippen molar-refractivity contribution in [2.75, 3.05) is 0 Å². The molecule has 0 aliphatic rings. The average Bonchev–Trinajstić information content (AvgIpc) is 3.21. The summed E-state index contributed by atoms with van der Waals surface area (Å²) in [4.78, 5) is 0. The number of aromatic nitrogens is 1. The molecule has 0 atom stereocenters. The Labute approximate surface area is 198 Å². The van der Waals surface area contributed by atoms with E-state index in [4.69, 9.17) is 23.2 Å². The maximum Gasteiger partial charge on any atom is 0.0538 e. The second-order valence-electron chi connectivity index (χ2n) is 7.74. The number of hydrogen-bond acceptors (Lipinski definition) is 0. The van der Waals surface area contributed by atoms with E-state index >= 15 is 0 Å². The van der Waals surface area contributed by atoms with Crippen LogP contribution in [0.2, 0.25) is 10.0 Å². The molecule has 0 bridgehead atoms. The topological polar surface area (TPSA) is 4.93 Å². The van der Waals surface area contributed by atoms with Crippen LogP contribution in [-0.4, -0.2) is 4.57 Å². The predicted octanol–water partition coefficient (Wildman–Crippen LogP) is 8.71. The molecule has 0 fully saturated rings. The molecular formula is C29H21Cl2N. The van der Waals surface area contributed by atoms with Gasteiger partial charge in [-0.15, -0.1) is 0 Å². The lowest BCUT2D eigenvalue weighted by atomic mass is 10.0. The van der Waals surface area contributed by atoms with E-state index < -0.39 is 0 Å².